The Kier molecular flexibility index (Phi) is 4.62. The number of benzene rings is 1. The summed E-state index contributed by atoms with van der Waals surface area (Å²) in [5.41, 5.74) is -0.0155. The molecule has 0 saturated heterocycles. The van der Waals surface area contributed by atoms with E-state index < -0.39 is 22.4 Å². The van der Waals surface area contributed by atoms with E-state index in [9.17, 15) is 12.8 Å². The molecule has 0 aliphatic rings. The van der Waals surface area contributed by atoms with Crippen LogP contribution in [0.5, 0.6) is 0 Å². The molecular formula is C11H16FNO3S. The summed E-state index contributed by atoms with van der Waals surface area (Å²) in [6.07, 6.45) is 0. The average Bonchev–Trinajstić information content (AvgIpc) is 2.30. The van der Waals surface area contributed by atoms with Crippen molar-refractivity contribution >= 4 is 10.0 Å². The van der Waals surface area contributed by atoms with E-state index >= 15 is 0 Å². The van der Waals surface area contributed by atoms with E-state index in [0.29, 0.717) is 13.1 Å². The van der Waals surface area contributed by atoms with Crippen molar-refractivity contribution < 1.29 is 17.9 Å². The smallest absolute Gasteiger partial charge is 0.243 e. The molecule has 1 rings (SSSR count). The van der Waals surface area contributed by atoms with Gasteiger partial charge in [0.15, 0.2) is 0 Å². The van der Waals surface area contributed by atoms with E-state index in [0.717, 1.165) is 6.07 Å². The van der Waals surface area contributed by atoms with E-state index in [1.807, 2.05) is 0 Å². The van der Waals surface area contributed by atoms with Crippen LogP contribution < -0.4 is 0 Å². The van der Waals surface area contributed by atoms with E-state index in [-0.39, 0.29) is 10.5 Å². The van der Waals surface area contributed by atoms with Crippen molar-refractivity contribution in [3.8, 4) is 0 Å². The lowest BCUT2D eigenvalue weighted by Gasteiger charge is -2.18. The largest absolute Gasteiger partial charge is 0.392 e. The Morgan fingerprint density at radius 3 is 2.35 bits per heavy atom. The lowest BCUT2D eigenvalue weighted by atomic mass is 10.2. The molecule has 0 atom stereocenters. The Bertz CT molecular complexity index is 483. The van der Waals surface area contributed by atoms with Gasteiger partial charge >= 0.3 is 0 Å². The Morgan fingerprint density at radius 2 is 1.88 bits per heavy atom. The van der Waals surface area contributed by atoms with Crippen molar-refractivity contribution in [2.24, 2.45) is 0 Å². The van der Waals surface area contributed by atoms with Crippen LogP contribution in [0, 0.1) is 5.82 Å². The minimum absolute atomic E-state index is 0.00616. The summed E-state index contributed by atoms with van der Waals surface area (Å²) in [4.78, 5) is 0.00616. The van der Waals surface area contributed by atoms with Crippen molar-refractivity contribution in [2.75, 3.05) is 13.1 Å². The monoisotopic (exact) mass is 261 g/mol. The van der Waals surface area contributed by atoms with Gasteiger partial charge in [-0.2, -0.15) is 4.31 Å². The second kappa shape index (κ2) is 5.57. The van der Waals surface area contributed by atoms with Gasteiger partial charge in [0.2, 0.25) is 10.0 Å². The van der Waals surface area contributed by atoms with Gasteiger partial charge in [-0.1, -0.05) is 13.8 Å². The number of rotatable bonds is 5. The molecule has 0 spiro atoms. The zero-order valence-corrected chi connectivity index (χ0v) is 10.7. The number of hydrogen-bond donors (Lipinski definition) is 1. The highest BCUT2D eigenvalue weighted by Crippen LogP contribution is 2.19. The Hall–Kier alpha value is -0.980. The third-order valence-electron chi connectivity index (χ3n) is 2.53. The standard InChI is InChI=1S/C11H16FNO3S/c1-3-13(4-2)17(15,16)10-5-6-11(12)9(7-10)8-14/h5-7,14H,3-4,8H2,1-2H3. The van der Waals surface area contributed by atoms with Gasteiger partial charge in [0.05, 0.1) is 11.5 Å². The summed E-state index contributed by atoms with van der Waals surface area (Å²) in [6.45, 7) is 3.65. The Balaban J connectivity index is 3.24. The normalized spacial score (nSPS) is 12.1. The van der Waals surface area contributed by atoms with Crippen molar-refractivity contribution in [1.29, 1.82) is 0 Å². The molecule has 0 fully saturated rings. The molecule has 0 saturated carbocycles. The molecule has 0 heterocycles. The second-order valence-corrected chi connectivity index (χ2v) is 5.44. The van der Waals surface area contributed by atoms with Crippen LogP contribution in [0.1, 0.15) is 19.4 Å². The fourth-order valence-electron chi connectivity index (χ4n) is 1.55. The van der Waals surface area contributed by atoms with Crippen LogP contribution >= 0.6 is 0 Å². The molecule has 0 aliphatic heterocycles. The molecule has 0 aliphatic carbocycles. The molecule has 0 amide bonds. The van der Waals surface area contributed by atoms with E-state index in [1.54, 1.807) is 13.8 Å². The summed E-state index contributed by atoms with van der Waals surface area (Å²) < 4.78 is 38.6. The quantitative estimate of drug-likeness (QED) is 0.870. The minimum Gasteiger partial charge on any atom is -0.392 e. The molecule has 17 heavy (non-hydrogen) atoms. The zero-order valence-electron chi connectivity index (χ0n) is 9.85. The number of aliphatic hydroxyl groups excluding tert-OH is 1. The fourth-order valence-corrected chi connectivity index (χ4v) is 3.05. The Labute approximate surface area is 101 Å². The summed E-state index contributed by atoms with van der Waals surface area (Å²) >= 11 is 0. The second-order valence-electron chi connectivity index (χ2n) is 3.50. The maximum absolute atomic E-state index is 13.2. The summed E-state index contributed by atoms with van der Waals surface area (Å²) in [6, 6.07) is 3.44. The molecule has 1 aromatic rings. The number of hydrogen-bond acceptors (Lipinski definition) is 3. The van der Waals surface area contributed by atoms with Gasteiger partial charge in [0.1, 0.15) is 5.82 Å². The lowest BCUT2D eigenvalue weighted by Crippen LogP contribution is -2.30. The molecule has 4 nitrogen and oxygen atoms in total. The number of sulfonamides is 1. The van der Waals surface area contributed by atoms with Crippen LogP contribution in [0.25, 0.3) is 0 Å². The number of nitrogens with zero attached hydrogens (tertiary/aromatic N) is 1. The first-order valence-corrected chi connectivity index (χ1v) is 6.80. The van der Waals surface area contributed by atoms with Crippen LogP contribution in [0.2, 0.25) is 0 Å². The molecule has 0 bridgehead atoms. The van der Waals surface area contributed by atoms with Crippen LogP contribution in [-0.2, 0) is 16.6 Å². The van der Waals surface area contributed by atoms with Gasteiger partial charge in [-0.25, -0.2) is 12.8 Å². The van der Waals surface area contributed by atoms with Crippen molar-refractivity contribution in [2.45, 2.75) is 25.3 Å². The predicted molar refractivity (Wildman–Crippen MR) is 62.4 cm³/mol. The maximum Gasteiger partial charge on any atom is 0.243 e. The molecule has 6 heteroatoms. The van der Waals surface area contributed by atoms with Crippen molar-refractivity contribution in [3.05, 3.63) is 29.6 Å². The minimum atomic E-state index is -3.59. The third kappa shape index (κ3) is 2.83. The first kappa shape index (κ1) is 14.1. The van der Waals surface area contributed by atoms with Crippen molar-refractivity contribution in [3.63, 3.8) is 0 Å². The van der Waals surface area contributed by atoms with Gasteiger partial charge in [0, 0.05) is 18.7 Å². The molecule has 1 N–H and O–H groups in total. The van der Waals surface area contributed by atoms with Crippen molar-refractivity contribution in [1.82, 2.24) is 4.31 Å². The SMILES string of the molecule is CCN(CC)S(=O)(=O)c1ccc(F)c(CO)c1. The first-order valence-electron chi connectivity index (χ1n) is 5.36. The maximum atomic E-state index is 13.2. The summed E-state index contributed by atoms with van der Waals surface area (Å²) in [7, 11) is -3.59. The number of aliphatic hydroxyl groups is 1. The lowest BCUT2D eigenvalue weighted by molar-refractivity contribution is 0.275. The first-order chi connectivity index (χ1) is 7.97. The number of halogens is 1. The van der Waals surface area contributed by atoms with Crippen LogP contribution in [0.3, 0.4) is 0 Å². The van der Waals surface area contributed by atoms with Gasteiger partial charge in [-0.15, -0.1) is 0 Å². The van der Waals surface area contributed by atoms with Gasteiger partial charge in [-0.05, 0) is 18.2 Å². The predicted octanol–water partition coefficient (Wildman–Crippen LogP) is 1.35. The molecule has 0 unspecified atom stereocenters. The topological polar surface area (TPSA) is 57.6 Å². The highest BCUT2D eigenvalue weighted by Gasteiger charge is 2.22. The van der Waals surface area contributed by atoms with Crippen LogP contribution in [0.4, 0.5) is 4.39 Å². The molecule has 1 aromatic carbocycles. The molecule has 0 aromatic heterocycles. The van der Waals surface area contributed by atoms with E-state index in [2.05, 4.69) is 0 Å². The van der Waals surface area contributed by atoms with Gasteiger partial charge < -0.3 is 5.11 Å². The fraction of sp³-hybridized carbons (Fsp3) is 0.455. The molecular weight excluding hydrogens is 245 g/mol. The molecule has 96 valence electrons. The summed E-state index contributed by atoms with van der Waals surface area (Å²) in [5, 5.41) is 8.91. The average molecular weight is 261 g/mol. The van der Waals surface area contributed by atoms with Crippen LogP contribution in [0.15, 0.2) is 23.1 Å². The van der Waals surface area contributed by atoms with E-state index in [1.165, 1.54) is 16.4 Å². The highest BCUT2D eigenvalue weighted by molar-refractivity contribution is 7.89. The van der Waals surface area contributed by atoms with E-state index in [4.69, 9.17) is 5.11 Å². The van der Waals surface area contributed by atoms with Crippen LogP contribution in [-0.4, -0.2) is 30.9 Å². The summed E-state index contributed by atoms with van der Waals surface area (Å²) in [5.74, 6) is -0.606. The van der Waals surface area contributed by atoms with Gasteiger partial charge in [-0.3, -0.25) is 0 Å². The molecule has 0 radical (unpaired) electrons. The zero-order chi connectivity index (χ0) is 13.1. The van der Waals surface area contributed by atoms with Gasteiger partial charge in [0.25, 0.3) is 0 Å². The Morgan fingerprint density at radius 1 is 1.29 bits per heavy atom. The third-order valence-corrected chi connectivity index (χ3v) is 4.58. The highest BCUT2D eigenvalue weighted by atomic mass is 32.2.